The van der Waals surface area contributed by atoms with Crippen LogP contribution in [-0.4, -0.2) is 47.5 Å². The van der Waals surface area contributed by atoms with Crippen molar-refractivity contribution in [1.82, 2.24) is 4.90 Å². The number of nitrogens with zero attached hydrogens (tertiary/aromatic N) is 1. The van der Waals surface area contributed by atoms with Gasteiger partial charge < -0.3 is 14.4 Å². The maximum atomic E-state index is 12.8. The van der Waals surface area contributed by atoms with Crippen molar-refractivity contribution in [2.75, 3.05) is 20.2 Å². The summed E-state index contributed by atoms with van der Waals surface area (Å²) in [6.45, 7) is 11.4. The Hall–Kier alpha value is -1.20. The largest absolute Gasteiger partial charge is 0.497 e. The van der Waals surface area contributed by atoms with Crippen LogP contribution in [0, 0.1) is 0 Å². The predicted octanol–water partition coefficient (Wildman–Crippen LogP) is 3.59. The molecule has 0 N–H and O–H groups in total. The van der Waals surface area contributed by atoms with Gasteiger partial charge in [0.15, 0.2) is 0 Å². The molecule has 128 valence electrons. The van der Waals surface area contributed by atoms with Crippen molar-refractivity contribution in [2.45, 2.75) is 56.0 Å². The minimum absolute atomic E-state index is 0.131. The third-order valence-electron chi connectivity index (χ3n) is 3.73. The molecule has 23 heavy (non-hydrogen) atoms. The molecular weight excluding hydrogens is 310 g/mol. The molecule has 0 spiro atoms. The lowest BCUT2D eigenvalue weighted by atomic mass is 9.98. The van der Waals surface area contributed by atoms with Crippen molar-refractivity contribution in [3.63, 3.8) is 0 Å². The number of carbonyl (C=O) groups excluding carboxylic acids is 1. The summed E-state index contributed by atoms with van der Waals surface area (Å²) in [5.41, 5.74) is -0.635. The van der Waals surface area contributed by atoms with E-state index >= 15 is 0 Å². The Kier molecular flexibility index (Phi) is 5.31. The number of hydrogen-bond donors (Lipinski definition) is 0. The smallest absolute Gasteiger partial charge is 0.235 e. The monoisotopic (exact) mass is 337 g/mol. The van der Waals surface area contributed by atoms with E-state index in [0.717, 1.165) is 10.6 Å². The van der Waals surface area contributed by atoms with Gasteiger partial charge in [0.05, 0.1) is 23.6 Å². The van der Waals surface area contributed by atoms with Gasteiger partial charge in [-0.3, -0.25) is 4.79 Å². The van der Waals surface area contributed by atoms with E-state index in [2.05, 4.69) is 0 Å². The fourth-order valence-electron chi connectivity index (χ4n) is 3.11. The van der Waals surface area contributed by atoms with E-state index in [1.54, 1.807) is 18.9 Å². The Morgan fingerprint density at radius 1 is 1.17 bits per heavy atom. The first-order valence-electron chi connectivity index (χ1n) is 7.92. The lowest BCUT2D eigenvalue weighted by Crippen LogP contribution is -2.59. The average Bonchev–Trinajstić information content (AvgIpc) is 2.44. The Labute approximate surface area is 143 Å². The Morgan fingerprint density at radius 2 is 1.70 bits per heavy atom. The van der Waals surface area contributed by atoms with E-state index in [1.165, 1.54) is 0 Å². The molecule has 4 nitrogen and oxygen atoms in total. The molecule has 0 radical (unpaired) electrons. The first kappa shape index (κ1) is 18.1. The standard InChI is InChI=1S/C18H27NO3S/c1-13(23-15-9-7-14(21-6)8-10-15)16(20)19-11-17(2,3)22-18(4,5)12-19/h7-10,13H,11-12H2,1-6H3/t13-/m0/s1. The first-order valence-corrected chi connectivity index (χ1v) is 8.79. The van der Waals surface area contributed by atoms with Crippen LogP contribution >= 0.6 is 11.8 Å². The van der Waals surface area contributed by atoms with Crippen LogP contribution in [0.5, 0.6) is 5.75 Å². The van der Waals surface area contributed by atoms with Gasteiger partial charge in [0.2, 0.25) is 5.91 Å². The van der Waals surface area contributed by atoms with Crippen molar-refractivity contribution in [3.8, 4) is 5.75 Å². The van der Waals surface area contributed by atoms with Crippen LogP contribution in [0.2, 0.25) is 0 Å². The van der Waals surface area contributed by atoms with Crippen LogP contribution in [0.1, 0.15) is 34.6 Å². The van der Waals surface area contributed by atoms with Gasteiger partial charge in [0, 0.05) is 18.0 Å². The molecule has 1 aromatic rings. The molecule has 0 bridgehead atoms. The van der Waals surface area contributed by atoms with E-state index in [-0.39, 0.29) is 22.4 Å². The molecular formula is C18H27NO3S. The summed E-state index contributed by atoms with van der Waals surface area (Å²) in [7, 11) is 1.65. The van der Waals surface area contributed by atoms with Gasteiger partial charge in [0.25, 0.3) is 0 Å². The summed E-state index contributed by atoms with van der Waals surface area (Å²) in [6, 6.07) is 7.81. The molecule has 1 aliphatic heterocycles. The number of methoxy groups -OCH3 is 1. The highest BCUT2D eigenvalue weighted by Gasteiger charge is 2.40. The van der Waals surface area contributed by atoms with Crippen LogP contribution in [0.25, 0.3) is 0 Å². The number of carbonyl (C=O) groups is 1. The average molecular weight is 337 g/mol. The van der Waals surface area contributed by atoms with Crippen molar-refractivity contribution < 1.29 is 14.3 Å². The minimum atomic E-state index is -0.318. The van der Waals surface area contributed by atoms with Crippen LogP contribution in [-0.2, 0) is 9.53 Å². The highest BCUT2D eigenvalue weighted by atomic mass is 32.2. The number of amides is 1. The van der Waals surface area contributed by atoms with Crippen molar-refractivity contribution in [1.29, 1.82) is 0 Å². The lowest BCUT2D eigenvalue weighted by Gasteiger charge is -2.47. The molecule has 0 unspecified atom stereocenters. The highest BCUT2D eigenvalue weighted by Crippen LogP contribution is 2.31. The van der Waals surface area contributed by atoms with Gasteiger partial charge >= 0.3 is 0 Å². The Balaban J connectivity index is 2.03. The van der Waals surface area contributed by atoms with Gasteiger partial charge in [-0.05, 0) is 58.9 Å². The molecule has 1 aliphatic rings. The van der Waals surface area contributed by atoms with E-state index in [1.807, 2.05) is 63.8 Å². The molecule has 1 amide bonds. The zero-order chi connectivity index (χ0) is 17.3. The van der Waals surface area contributed by atoms with Crippen LogP contribution in [0.15, 0.2) is 29.2 Å². The summed E-state index contributed by atoms with van der Waals surface area (Å²) in [6.07, 6.45) is 0. The summed E-state index contributed by atoms with van der Waals surface area (Å²) >= 11 is 1.58. The summed E-state index contributed by atoms with van der Waals surface area (Å²) in [4.78, 5) is 15.8. The first-order chi connectivity index (χ1) is 10.6. The number of rotatable bonds is 4. The second-order valence-corrected chi connectivity index (χ2v) is 8.67. The van der Waals surface area contributed by atoms with Crippen molar-refractivity contribution >= 4 is 17.7 Å². The lowest BCUT2D eigenvalue weighted by molar-refractivity contribution is -0.187. The van der Waals surface area contributed by atoms with Gasteiger partial charge in [-0.1, -0.05) is 0 Å². The fraction of sp³-hybridized carbons (Fsp3) is 0.611. The predicted molar refractivity (Wildman–Crippen MR) is 94.1 cm³/mol. The molecule has 1 fully saturated rings. The topological polar surface area (TPSA) is 38.8 Å². The molecule has 5 heteroatoms. The minimum Gasteiger partial charge on any atom is -0.497 e. The molecule has 1 atom stereocenters. The van der Waals surface area contributed by atoms with E-state index < -0.39 is 0 Å². The van der Waals surface area contributed by atoms with Crippen molar-refractivity contribution in [2.24, 2.45) is 0 Å². The van der Waals surface area contributed by atoms with Crippen LogP contribution in [0.3, 0.4) is 0 Å². The number of thioether (sulfide) groups is 1. The summed E-state index contributed by atoms with van der Waals surface area (Å²) in [5, 5.41) is -0.131. The number of morpholine rings is 1. The van der Waals surface area contributed by atoms with Crippen LogP contribution in [0.4, 0.5) is 0 Å². The van der Waals surface area contributed by atoms with Gasteiger partial charge in [0.1, 0.15) is 5.75 Å². The maximum Gasteiger partial charge on any atom is 0.235 e. The molecule has 0 saturated carbocycles. The second-order valence-electron chi connectivity index (χ2n) is 7.25. The van der Waals surface area contributed by atoms with Gasteiger partial charge in [-0.25, -0.2) is 0 Å². The maximum absolute atomic E-state index is 12.8. The fourth-order valence-corrected chi connectivity index (χ4v) is 4.06. The summed E-state index contributed by atoms with van der Waals surface area (Å²) < 4.78 is 11.2. The summed E-state index contributed by atoms with van der Waals surface area (Å²) in [5.74, 6) is 0.986. The highest BCUT2D eigenvalue weighted by molar-refractivity contribution is 8.00. The quantitative estimate of drug-likeness (QED) is 0.787. The molecule has 1 heterocycles. The van der Waals surface area contributed by atoms with E-state index in [0.29, 0.717) is 13.1 Å². The second kappa shape index (κ2) is 6.73. The molecule has 2 rings (SSSR count). The van der Waals surface area contributed by atoms with Gasteiger partial charge in [-0.15, -0.1) is 11.8 Å². The zero-order valence-corrected chi connectivity index (χ0v) is 15.7. The third kappa shape index (κ3) is 4.88. The molecule has 0 aliphatic carbocycles. The zero-order valence-electron chi connectivity index (χ0n) is 14.9. The molecule has 1 aromatic carbocycles. The number of benzene rings is 1. The van der Waals surface area contributed by atoms with Crippen molar-refractivity contribution in [3.05, 3.63) is 24.3 Å². The SMILES string of the molecule is COc1ccc(S[C@@H](C)C(=O)N2CC(C)(C)OC(C)(C)C2)cc1. The molecule has 0 aromatic heterocycles. The Morgan fingerprint density at radius 3 is 2.17 bits per heavy atom. The Bertz CT molecular complexity index is 538. The van der Waals surface area contributed by atoms with Gasteiger partial charge in [-0.2, -0.15) is 0 Å². The van der Waals surface area contributed by atoms with E-state index in [4.69, 9.17) is 9.47 Å². The third-order valence-corrected chi connectivity index (χ3v) is 4.83. The van der Waals surface area contributed by atoms with E-state index in [9.17, 15) is 4.79 Å². The normalized spacial score (nSPS) is 20.9. The number of ether oxygens (including phenoxy) is 2. The van der Waals surface area contributed by atoms with Crippen LogP contribution < -0.4 is 4.74 Å². The molecule has 1 saturated heterocycles. The number of hydrogen-bond acceptors (Lipinski definition) is 4.